The molecule has 2 fully saturated rings. The summed E-state index contributed by atoms with van der Waals surface area (Å²) in [5.41, 5.74) is 1.42. The lowest BCUT2D eigenvalue weighted by molar-refractivity contribution is -0.126. The molecule has 1 aromatic heterocycles. The summed E-state index contributed by atoms with van der Waals surface area (Å²) >= 11 is 0. The number of amides is 2. The van der Waals surface area contributed by atoms with E-state index in [0.717, 1.165) is 24.6 Å². The summed E-state index contributed by atoms with van der Waals surface area (Å²) in [6.45, 7) is 5.22. The second-order valence-electron chi connectivity index (χ2n) is 7.48. The molecule has 0 aliphatic carbocycles. The summed E-state index contributed by atoms with van der Waals surface area (Å²) in [5.74, 6) is 0.160. The van der Waals surface area contributed by atoms with Gasteiger partial charge in [0.05, 0.1) is 25.7 Å². The summed E-state index contributed by atoms with van der Waals surface area (Å²) in [5, 5.41) is 2.85. The number of halogens is 1. The number of carbonyl (C=O) groups is 2. The Kier molecular flexibility index (Phi) is 5.89. The lowest BCUT2D eigenvalue weighted by Gasteiger charge is -2.28. The van der Waals surface area contributed by atoms with E-state index in [0.29, 0.717) is 24.7 Å². The third-order valence-corrected chi connectivity index (χ3v) is 5.28. The molecule has 4 rings (SSSR count). The molecule has 2 aromatic rings. The number of benzene rings is 1. The summed E-state index contributed by atoms with van der Waals surface area (Å²) in [7, 11) is 0. The smallest absolute Gasteiger partial charge is 0.227 e. The molecule has 2 aliphatic rings. The van der Waals surface area contributed by atoms with Crippen LogP contribution in [0, 0.1) is 18.7 Å². The van der Waals surface area contributed by atoms with E-state index < -0.39 is 5.92 Å². The molecule has 8 nitrogen and oxygen atoms in total. The van der Waals surface area contributed by atoms with Gasteiger partial charge in [-0.05, 0) is 31.2 Å². The molecule has 2 aliphatic heterocycles. The van der Waals surface area contributed by atoms with Crippen LogP contribution in [0.15, 0.2) is 30.3 Å². The third-order valence-electron chi connectivity index (χ3n) is 5.28. The average molecular weight is 413 g/mol. The first-order chi connectivity index (χ1) is 14.5. The molecule has 158 valence electrons. The van der Waals surface area contributed by atoms with Crippen LogP contribution in [-0.2, 0) is 20.9 Å². The first-order valence-electron chi connectivity index (χ1n) is 10.0. The molecule has 1 atom stereocenters. The van der Waals surface area contributed by atoms with Gasteiger partial charge in [0, 0.05) is 43.5 Å². The Labute approximate surface area is 174 Å². The number of rotatable bonds is 5. The van der Waals surface area contributed by atoms with Crippen molar-refractivity contribution in [1.29, 1.82) is 0 Å². The number of ether oxygens (including phenoxy) is 1. The Morgan fingerprint density at radius 1 is 1.23 bits per heavy atom. The fourth-order valence-electron chi connectivity index (χ4n) is 3.71. The molecule has 1 N–H and O–H groups in total. The minimum absolute atomic E-state index is 0.122. The van der Waals surface area contributed by atoms with Gasteiger partial charge < -0.3 is 19.9 Å². The van der Waals surface area contributed by atoms with E-state index in [1.807, 2.05) is 13.0 Å². The van der Waals surface area contributed by atoms with Gasteiger partial charge in [0.25, 0.3) is 0 Å². The van der Waals surface area contributed by atoms with Crippen molar-refractivity contribution in [3.05, 3.63) is 47.7 Å². The van der Waals surface area contributed by atoms with E-state index in [-0.39, 0.29) is 37.1 Å². The first-order valence-corrected chi connectivity index (χ1v) is 10.0. The number of nitrogens with zero attached hydrogens (tertiary/aromatic N) is 4. The second kappa shape index (κ2) is 8.74. The van der Waals surface area contributed by atoms with Crippen molar-refractivity contribution in [1.82, 2.24) is 15.3 Å². The lowest BCUT2D eigenvalue weighted by Crippen LogP contribution is -2.37. The largest absolute Gasteiger partial charge is 0.378 e. The van der Waals surface area contributed by atoms with Gasteiger partial charge in [-0.3, -0.25) is 9.59 Å². The summed E-state index contributed by atoms with van der Waals surface area (Å²) in [6.07, 6.45) is 0.122. The first kappa shape index (κ1) is 20.2. The maximum absolute atomic E-state index is 13.1. The summed E-state index contributed by atoms with van der Waals surface area (Å²) in [6, 6.07) is 7.61. The van der Waals surface area contributed by atoms with Crippen LogP contribution in [0.3, 0.4) is 0 Å². The fraction of sp³-hybridized carbons (Fsp3) is 0.429. The van der Waals surface area contributed by atoms with Crippen molar-refractivity contribution < 1.29 is 18.7 Å². The van der Waals surface area contributed by atoms with Crippen LogP contribution in [0.5, 0.6) is 0 Å². The van der Waals surface area contributed by atoms with E-state index in [1.165, 1.54) is 17.0 Å². The van der Waals surface area contributed by atoms with E-state index in [4.69, 9.17) is 4.74 Å². The van der Waals surface area contributed by atoms with Gasteiger partial charge in [-0.2, -0.15) is 0 Å². The van der Waals surface area contributed by atoms with Crippen LogP contribution in [0.25, 0.3) is 0 Å². The van der Waals surface area contributed by atoms with Gasteiger partial charge in [-0.1, -0.05) is 0 Å². The number of hydrogen-bond donors (Lipinski definition) is 1. The van der Waals surface area contributed by atoms with Crippen LogP contribution in [0.1, 0.15) is 17.9 Å². The van der Waals surface area contributed by atoms with Gasteiger partial charge in [0.2, 0.25) is 11.8 Å². The zero-order chi connectivity index (χ0) is 21.1. The predicted octanol–water partition coefficient (Wildman–Crippen LogP) is 1.43. The minimum Gasteiger partial charge on any atom is -0.378 e. The Balaban J connectivity index is 1.37. The molecular formula is C21H24FN5O3. The fourth-order valence-corrected chi connectivity index (χ4v) is 3.71. The Bertz CT molecular complexity index is 931. The topological polar surface area (TPSA) is 87.7 Å². The Morgan fingerprint density at radius 2 is 1.97 bits per heavy atom. The number of aromatic nitrogens is 2. The highest BCUT2D eigenvalue weighted by atomic mass is 19.1. The quantitative estimate of drug-likeness (QED) is 0.798. The van der Waals surface area contributed by atoms with Gasteiger partial charge in [0.15, 0.2) is 0 Å². The van der Waals surface area contributed by atoms with E-state index in [9.17, 15) is 14.0 Å². The SMILES string of the molecule is Cc1cc(N2CCOCC2)nc(CNC(=O)C2CC(=O)N(c3ccc(F)cc3)C2)n1. The number of carbonyl (C=O) groups excluding carboxylic acids is 2. The number of morpholine rings is 1. The summed E-state index contributed by atoms with van der Waals surface area (Å²) in [4.78, 5) is 37.6. The minimum atomic E-state index is -0.467. The molecule has 0 bridgehead atoms. The van der Waals surface area contributed by atoms with Gasteiger partial charge in [-0.25, -0.2) is 14.4 Å². The molecule has 0 spiro atoms. The lowest BCUT2D eigenvalue weighted by atomic mass is 10.1. The molecule has 30 heavy (non-hydrogen) atoms. The second-order valence-corrected chi connectivity index (χ2v) is 7.48. The molecule has 0 radical (unpaired) electrons. The van der Waals surface area contributed by atoms with E-state index in [1.54, 1.807) is 12.1 Å². The monoisotopic (exact) mass is 413 g/mol. The molecule has 3 heterocycles. The number of nitrogens with one attached hydrogen (secondary N) is 1. The molecule has 2 saturated heterocycles. The predicted molar refractivity (Wildman–Crippen MR) is 109 cm³/mol. The Morgan fingerprint density at radius 3 is 2.70 bits per heavy atom. The van der Waals surface area contributed by atoms with Crippen molar-refractivity contribution in [2.75, 3.05) is 42.6 Å². The van der Waals surface area contributed by atoms with E-state index in [2.05, 4.69) is 20.2 Å². The highest BCUT2D eigenvalue weighted by Gasteiger charge is 2.35. The van der Waals surface area contributed by atoms with Crippen LogP contribution in [0.2, 0.25) is 0 Å². The zero-order valence-corrected chi connectivity index (χ0v) is 16.8. The highest BCUT2D eigenvalue weighted by Crippen LogP contribution is 2.25. The van der Waals surface area contributed by atoms with Gasteiger partial charge in [0.1, 0.15) is 17.5 Å². The highest BCUT2D eigenvalue weighted by molar-refractivity contribution is 6.00. The average Bonchev–Trinajstić information content (AvgIpc) is 3.14. The van der Waals surface area contributed by atoms with Crippen LogP contribution in [-0.4, -0.2) is 54.6 Å². The van der Waals surface area contributed by atoms with Crippen molar-refractivity contribution in [3.63, 3.8) is 0 Å². The van der Waals surface area contributed by atoms with Gasteiger partial charge in [-0.15, -0.1) is 0 Å². The van der Waals surface area contributed by atoms with Crippen molar-refractivity contribution in [2.45, 2.75) is 19.9 Å². The summed E-state index contributed by atoms with van der Waals surface area (Å²) < 4.78 is 18.5. The molecule has 0 saturated carbocycles. The van der Waals surface area contributed by atoms with Crippen molar-refractivity contribution in [3.8, 4) is 0 Å². The number of anilines is 2. The standard InChI is InChI=1S/C21H24FN5O3/c1-14-10-19(26-6-8-30-9-7-26)25-18(24-14)12-23-21(29)15-11-20(28)27(13-15)17-4-2-16(22)3-5-17/h2-5,10,15H,6-9,11-13H2,1H3,(H,23,29). The maximum atomic E-state index is 13.1. The molecular weight excluding hydrogens is 389 g/mol. The molecule has 1 unspecified atom stereocenters. The maximum Gasteiger partial charge on any atom is 0.227 e. The van der Waals surface area contributed by atoms with Crippen LogP contribution in [0.4, 0.5) is 15.9 Å². The van der Waals surface area contributed by atoms with Crippen molar-refractivity contribution in [2.24, 2.45) is 5.92 Å². The normalized spacial score (nSPS) is 19.3. The number of aryl methyl sites for hydroxylation is 1. The van der Waals surface area contributed by atoms with Gasteiger partial charge >= 0.3 is 0 Å². The Hall–Kier alpha value is -3.07. The van der Waals surface area contributed by atoms with Crippen molar-refractivity contribution >= 4 is 23.3 Å². The van der Waals surface area contributed by atoms with Crippen LogP contribution >= 0.6 is 0 Å². The van der Waals surface area contributed by atoms with Crippen LogP contribution < -0.4 is 15.1 Å². The zero-order valence-electron chi connectivity index (χ0n) is 16.8. The molecule has 2 amide bonds. The molecule has 1 aromatic carbocycles. The molecule has 9 heteroatoms. The van der Waals surface area contributed by atoms with E-state index >= 15 is 0 Å². The third kappa shape index (κ3) is 4.56. The number of hydrogen-bond acceptors (Lipinski definition) is 6.